The van der Waals surface area contributed by atoms with Crippen LogP contribution in [0.3, 0.4) is 0 Å². The van der Waals surface area contributed by atoms with Crippen LogP contribution in [0.4, 0.5) is 5.69 Å². The van der Waals surface area contributed by atoms with Gasteiger partial charge in [-0.3, -0.25) is 9.10 Å². The minimum absolute atomic E-state index is 0.144. The van der Waals surface area contributed by atoms with Crippen molar-refractivity contribution < 1.29 is 27.4 Å². The molecule has 0 fully saturated rings. The van der Waals surface area contributed by atoms with E-state index < -0.39 is 22.0 Å². The Hall–Kier alpha value is -3.72. The maximum Gasteiger partial charge on any atom is 0.264 e. The van der Waals surface area contributed by atoms with Gasteiger partial charge < -0.3 is 19.5 Å². The Morgan fingerprint density at radius 2 is 1.74 bits per heavy atom. The molecule has 0 aromatic heterocycles. The summed E-state index contributed by atoms with van der Waals surface area (Å²) >= 11 is 0. The molecule has 0 aliphatic carbocycles. The molecule has 1 amide bonds. The number of nitrogens with one attached hydrogen (secondary N) is 1. The Morgan fingerprint density at radius 1 is 1.03 bits per heavy atom. The second-order valence-corrected chi connectivity index (χ2v) is 10.1. The normalized spacial score (nSPS) is 15.1. The first kappa shape index (κ1) is 24.4. The van der Waals surface area contributed by atoms with E-state index in [1.54, 1.807) is 55.6 Å². The first-order valence-corrected chi connectivity index (χ1v) is 12.6. The van der Waals surface area contributed by atoms with E-state index in [1.165, 1.54) is 4.31 Å². The number of fused-ring (bicyclic) bond motifs is 1. The van der Waals surface area contributed by atoms with Crippen LogP contribution in [0.5, 0.6) is 17.2 Å². The second kappa shape index (κ2) is 10.3. The average molecular weight is 497 g/mol. The van der Waals surface area contributed by atoms with Crippen LogP contribution in [-0.4, -0.2) is 47.2 Å². The highest BCUT2D eigenvalue weighted by molar-refractivity contribution is 7.92. The molecule has 1 heterocycles. The van der Waals surface area contributed by atoms with E-state index in [0.29, 0.717) is 22.9 Å². The smallest absolute Gasteiger partial charge is 0.264 e. The van der Waals surface area contributed by atoms with Crippen molar-refractivity contribution in [3.05, 3.63) is 77.9 Å². The number of methoxy groups -OCH3 is 1. The highest BCUT2D eigenvalue weighted by atomic mass is 32.2. The fraction of sp³-hybridized carbons (Fsp3) is 0.269. The molecule has 0 saturated heterocycles. The summed E-state index contributed by atoms with van der Waals surface area (Å²) in [6.07, 6.45) is -1.01. The van der Waals surface area contributed by atoms with Crippen LogP contribution in [0, 0.1) is 13.8 Å². The molecule has 1 aliphatic rings. The molecule has 0 spiro atoms. The Morgan fingerprint density at radius 3 is 2.49 bits per heavy atom. The number of sulfonamides is 1. The number of carbonyl (C=O) groups is 1. The van der Waals surface area contributed by atoms with Gasteiger partial charge in [0.05, 0.1) is 30.8 Å². The van der Waals surface area contributed by atoms with Crippen LogP contribution in [0.1, 0.15) is 11.1 Å². The highest BCUT2D eigenvalue weighted by Gasteiger charge is 2.37. The monoisotopic (exact) mass is 496 g/mol. The lowest BCUT2D eigenvalue weighted by molar-refractivity contribution is -0.127. The number of benzene rings is 3. The first-order chi connectivity index (χ1) is 16.8. The summed E-state index contributed by atoms with van der Waals surface area (Å²) in [6.45, 7) is 4.07. The number of ether oxygens (including phenoxy) is 3. The highest BCUT2D eigenvalue weighted by Crippen LogP contribution is 2.37. The number of aryl methyl sites for hydroxylation is 2. The van der Waals surface area contributed by atoms with Crippen molar-refractivity contribution in [1.29, 1.82) is 0 Å². The maximum atomic E-state index is 13.5. The van der Waals surface area contributed by atoms with E-state index in [2.05, 4.69) is 5.32 Å². The van der Waals surface area contributed by atoms with Gasteiger partial charge in [0.2, 0.25) is 0 Å². The van der Waals surface area contributed by atoms with Crippen LogP contribution < -0.4 is 23.8 Å². The lowest BCUT2D eigenvalue weighted by atomic mass is 10.1. The number of anilines is 1. The van der Waals surface area contributed by atoms with Gasteiger partial charge in [-0.1, -0.05) is 29.8 Å². The largest absolute Gasteiger partial charge is 0.497 e. The van der Waals surface area contributed by atoms with Crippen LogP contribution in [0.25, 0.3) is 0 Å². The lowest BCUT2D eigenvalue weighted by Crippen LogP contribution is -2.51. The van der Waals surface area contributed by atoms with E-state index >= 15 is 0 Å². The van der Waals surface area contributed by atoms with Crippen molar-refractivity contribution in [2.45, 2.75) is 24.8 Å². The molecule has 1 aliphatic heterocycles. The third-order valence-corrected chi connectivity index (χ3v) is 7.39. The van der Waals surface area contributed by atoms with Crippen LogP contribution in [0.2, 0.25) is 0 Å². The number of hydrogen-bond donors (Lipinski definition) is 1. The van der Waals surface area contributed by atoms with Gasteiger partial charge in [0.15, 0.2) is 6.10 Å². The maximum absolute atomic E-state index is 13.5. The van der Waals surface area contributed by atoms with Gasteiger partial charge in [-0.2, -0.15) is 0 Å². The van der Waals surface area contributed by atoms with Crippen molar-refractivity contribution in [1.82, 2.24) is 5.32 Å². The molecular formula is C26H28N2O6S. The van der Waals surface area contributed by atoms with E-state index in [9.17, 15) is 13.2 Å². The number of carbonyl (C=O) groups excluding carboxylic acids is 1. The zero-order valence-corrected chi connectivity index (χ0v) is 20.7. The first-order valence-electron chi connectivity index (χ1n) is 11.2. The number of rotatable bonds is 8. The molecule has 1 atom stereocenters. The Kier molecular flexibility index (Phi) is 7.16. The fourth-order valence-corrected chi connectivity index (χ4v) is 5.18. The minimum atomic E-state index is -3.91. The van der Waals surface area contributed by atoms with E-state index in [1.807, 2.05) is 32.0 Å². The van der Waals surface area contributed by atoms with E-state index in [-0.39, 0.29) is 24.6 Å². The zero-order chi connectivity index (χ0) is 25.0. The number of nitrogens with zero attached hydrogens (tertiary/aromatic N) is 1. The average Bonchev–Trinajstić information content (AvgIpc) is 2.86. The summed E-state index contributed by atoms with van der Waals surface area (Å²) in [7, 11) is -2.33. The standard InChI is InChI=1S/C26H28N2O6S/c1-18-7-10-22(11-8-18)35(30,31)28-17-25(34-24-12-9-19(2)15-23(24)28)26(29)27-13-14-33-21-6-4-5-20(16-21)32-3/h4-12,15-16,25H,13-14,17H2,1-3H3,(H,27,29). The summed E-state index contributed by atoms with van der Waals surface area (Å²) in [5.74, 6) is 1.21. The summed E-state index contributed by atoms with van der Waals surface area (Å²) in [5, 5.41) is 2.77. The van der Waals surface area contributed by atoms with Crippen molar-refractivity contribution >= 4 is 21.6 Å². The van der Waals surface area contributed by atoms with Crippen LogP contribution in [-0.2, 0) is 14.8 Å². The molecule has 35 heavy (non-hydrogen) atoms. The second-order valence-electron chi connectivity index (χ2n) is 8.25. The van der Waals surface area contributed by atoms with Gasteiger partial charge in [0.1, 0.15) is 23.9 Å². The molecule has 0 radical (unpaired) electrons. The molecule has 1 unspecified atom stereocenters. The molecule has 8 nitrogen and oxygen atoms in total. The van der Waals surface area contributed by atoms with Crippen LogP contribution in [0.15, 0.2) is 71.6 Å². The predicted octanol–water partition coefficient (Wildman–Crippen LogP) is 3.46. The predicted molar refractivity (Wildman–Crippen MR) is 133 cm³/mol. The molecule has 3 aromatic carbocycles. The van der Waals surface area contributed by atoms with Gasteiger partial charge in [0, 0.05) is 6.07 Å². The molecule has 4 rings (SSSR count). The summed E-state index contributed by atoms with van der Waals surface area (Å²) in [6, 6.07) is 19.0. The Balaban J connectivity index is 1.47. The molecule has 1 N–H and O–H groups in total. The molecule has 9 heteroatoms. The summed E-state index contributed by atoms with van der Waals surface area (Å²) in [5.41, 5.74) is 2.25. The zero-order valence-electron chi connectivity index (χ0n) is 19.9. The summed E-state index contributed by atoms with van der Waals surface area (Å²) in [4.78, 5) is 13.1. The Bertz CT molecular complexity index is 1310. The van der Waals surface area contributed by atoms with Crippen molar-refractivity contribution in [3.63, 3.8) is 0 Å². The molecular weight excluding hydrogens is 468 g/mol. The van der Waals surface area contributed by atoms with Gasteiger partial charge in [-0.15, -0.1) is 0 Å². The van der Waals surface area contributed by atoms with Crippen LogP contribution >= 0.6 is 0 Å². The number of amides is 1. The Labute approximate surface area is 205 Å². The topological polar surface area (TPSA) is 94.2 Å². The molecule has 0 saturated carbocycles. The third kappa shape index (κ3) is 5.51. The lowest BCUT2D eigenvalue weighted by Gasteiger charge is -2.35. The minimum Gasteiger partial charge on any atom is -0.497 e. The summed E-state index contributed by atoms with van der Waals surface area (Å²) < 4.78 is 45.0. The van der Waals surface area contributed by atoms with Gasteiger partial charge in [-0.25, -0.2) is 8.42 Å². The van der Waals surface area contributed by atoms with Gasteiger partial charge >= 0.3 is 0 Å². The third-order valence-electron chi connectivity index (χ3n) is 5.60. The van der Waals surface area contributed by atoms with Gasteiger partial charge in [-0.05, 0) is 55.8 Å². The van der Waals surface area contributed by atoms with Crippen molar-refractivity contribution in [3.8, 4) is 17.2 Å². The molecule has 184 valence electrons. The van der Waals surface area contributed by atoms with Crippen molar-refractivity contribution in [2.24, 2.45) is 0 Å². The van der Waals surface area contributed by atoms with E-state index in [0.717, 1.165) is 11.1 Å². The quantitative estimate of drug-likeness (QED) is 0.480. The van der Waals surface area contributed by atoms with Gasteiger partial charge in [0.25, 0.3) is 15.9 Å². The fourth-order valence-electron chi connectivity index (χ4n) is 3.71. The van der Waals surface area contributed by atoms with Crippen molar-refractivity contribution in [2.75, 3.05) is 31.1 Å². The van der Waals surface area contributed by atoms with E-state index in [4.69, 9.17) is 14.2 Å². The molecule has 3 aromatic rings. The number of hydrogen-bond acceptors (Lipinski definition) is 6. The SMILES string of the molecule is COc1cccc(OCCNC(=O)C2CN(S(=O)(=O)c3ccc(C)cc3)c3cc(C)ccc3O2)c1. The molecule has 0 bridgehead atoms.